The largest absolute Gasteiger partial charge is 0.480 e. The van der Waals surface area contributed by atoms with Crippen LogP contribution in [-0.4, -0.2) is 636 Å². The van der Waals surface area contributed by atoms with Crippen LogP contribution in [0.5, 0.6) is 0 Å². The van der Waals surface area contributed by atoms with Gasteiger partial charge in [0.2, 0.25) is 47.3 Å². The highest BCUT2D eigenvalue weighted by atomic mass is 16.4. The first-order chi connectivity index (χ1) is 68.1. The molecule has 0 saturated heterocycles. The topological polar surface area (TPSA) is 1000 Å². The van der Waals surface area contributed by atoms with E-state index in [0.717, 1.165) is 68.6 Å². The number of carboxylic acids is 20. The number of carbonyl (C=O) groups excluding carboxylic acids is 8. The van der Waals surface area contributed by atoms with Crippen molar-refractivity contribution in [2.75, 3.05) is 275 Å². The summed E-state index contributed by atoms with van der Waals surface area (Å²) in [6.45, 7) is -34.7. The van der Waals surface area contributed by atoms with Gasteiger partial charge in [0, 0.05) is 144 Å². The molecule has 0 aliphatic heterocycles. The number of hydrogen-bond acceptors (Lipinski definition) is 40. The number of aliphatic carboxylic acids is 20. The second-order valence-electron chi connectivity index (χ2n) is 31.9. The van der Waals surface area contributed by atoms with Gasteiger partial charge < -0.3 is 144 Å². The van der Waals surface area contributed by atoms with Gasteiger partial charge in [-0.2, -0.15) is 0 Å². The molecule has 0 spiro atoms. The van der Waals surface area contributed by atoms with Crippen molar-refractivity contribution in [3.05, 3.63) is 0 Å². The van der Waals surface area contributed by atoms with Crippen LogP contribution in [0, 0.1) is 0 Å². The van der Waals surface area contributed by atoms with Crippen LogP contribution in [0.4, 0.5) is 0 Å². The molecule has 0 aliphatic rings. The zero-order valence-corrected chi connectivity index (χ0v) is 78.5. The lowest BCUT2D eigenvalue weighted by Crippen LogP contribution is -2.52. The number of hydrogen-bond donors (Lipinski definition) is 26. The minimum Gasteiger partial charge on any atom is -0.480 e. The zero-order valence-electron chi connectivity index (χ0n) is 78.5. The minimum atomic E-state index is -2.10. The molecule has 4 atom stereocenters. The molecule has 146 heavy (non-hydrogen) atoms. The van der Waals surface area contributed by atoms with Gasteiger partial charge in [0.15, 0.2) is 0 Å². The van der Waals surface area contributed by atoms with E-state index < -0.39 is 491 Å². The highest BCUT2D eigenvalue weighted by Gasteiger charge is 2.37. The van der Waals surface area contributed by atoms with E-state index in [2.05, 4.69) is 31.9 Å². The Morgan fingerprint density at radius 3 is 0.425 bits per heavy atom. The van der Waals surface area contributed by atoms with Gasteiger partial charge in [0.25, 0.3) is 0 Å². The third-order valence-corrected chi connectivity index (χ3v) is 20.3. The van der Waals surface area contributed by atoms with Gasteiger partial charge in [0.1, 0.15) is 24.2 Å². The number of nitrogens with zero attached hydrogens (tertiary/aromatic N) is 14. The Kier molecular flexibility index (Phi) is 63.0. The van der Waals surface area contributed by atoms with E-state index in [1.165, 1.54) is 0 Å². The van der Waals surface area contributed by atoms with Crippen molar-refractivity contribution >= 4 is 167 Å². The van der Waals surface area contributed by atoms with E-state index in [1.54, 1.807) is 0 Å². The highest BCUT2D eigenvalue weighted by molar-refractivity contribution is 5.92. The number of rotatable bonds is 89. The number of nitrogens with one attached hydrogen (secondary N) is 6. The van der Waals surface area contributed by atoms with E-state index in [4.69, 9.17) is 0 Å². The van der Waals surface area contributed by atoms with E-state index in [-0.39, 0.29) is 0 Å². The molecule has 0 radical (unpaired) electrons. The Morgan fingerprint density at radius 2 is 0.295 bits per heavy atom. The molecular formula is C78H122N20O48. The Balaban J connectivity index is 8.53. The second kappa shape index (κ2) is 70.4. The minimum absolute atomic E-state index is 0.568. The van der Waals surface area contributed by atoms with Crippen LogP contribution in [0.3, 0.4) is 0 Å². The fourth-order valence-electron chi connectivity index (χ4n) is 13.8. The summed E-state index contributed by atoms with van der Waals surface area (Å²) in [5, 5.41) is 207. The maximum Gasteiger partial charge on any atom is 0.321 e. The molecule has 8 amide bonds. The Bertz CT molecular complexity index is 3970. The lowest BCUT2D eigenvalue weighted by Gasteiger charge is -2.32. The Morgan fingerprint density at radius 1 is 0.158 bits per heavy atom. The molecule has 0 aliphatic carbocycles. The fraction of sp³-hybridized carbons (Fsp3) is 0.641. The number of amides is 8. The summed E-state index contributed by atoms with van der Waals surface area (Å²) >= 11 is 0. The highest BCUT2D eigenvalue weighted by Crippen LogP contribution is 2.15. The molecule has 0 aromatic heterocycles. The molecule has 0 rings (SSSR count). The Labute approximate surface area is 825 Å². The van der Waals surface area contributed by atoms with Crippen molar-refractivity contribution in [2.45, 2.75) is 49.9 Å². The van der Waals surface area contributed by atoms with Crippen LogP contribution in [0.25, 0.3) is 0 Å². The molecule has 0 aromatic rings. The average molecular weight is 2110 g/mol. The smallest absolute Gasteiger partial charge is 0.321 e. The molecule has 0 unspecified atom stereocenters. The van der Waals surface area contributed by atoms with Crippen molar-refractivity contribution < 1.29 is 236 Å². The van der Waals surface area contributed by atoms with E-state index in [1.807, 2.05) is 0 Å². The zero-order chi connectivity index (χ0) is 111. The lowest BCUT2D eigenvalue weighted by molar-refractivity contribution is -0.147. The average Bonchev–Trinajstić information content (AvgIpc) is 0.874. The SMILES string of the molecule is O=C(O)CN(CCN(CCN(CC(=O)O)CC(=O)O)[C@@H](CC(=O)NCC(=O)NCCN(CCN(CCNC(=O)CNC(=O)C[C@@H](C(=O)O)N(CCN(CC(=O)O)CC(=O)O)CCN(CC(=O)O)CC(=O)O)C(=O)CNC(=O)C[C@@H](C(=O)O)N(CCN(CC(=O)O)CC(=O)O)CCN(CC(=O)O)CC(=O)O)C(=O)CNC(=O)C[C@@H](C(=O)O)N(CCN(CC(=O)O)CC(=O)O)CCN(CC(=O)O)CC(=O)O)C(=O)O)CC(=O)O. The van der Waals surface area contributed by atoms with Crippen molar-refractivity contribution in [3.8, 4) is 0 Å². The molecule has 0 saturated carbocycles. The molecule has 68 nitrogen and oxygen atoms in total. The molecule has 26 N–H and O–H groups in total. The molecule has 822 valence electrons. The van der Waals surface area contributed by atoms with Crippen LogP contribution in [0.1, 0.15) is 25.7 Å². The van der Waals surface area contributed by atoms with E-state index >= 15 is 0 Å². The standard InChI is InChI=1S/C78H122N20O48/c99-51(23-47(75(139)140)93(13-5-85(31-59(107)108)32-60(109)110)14-6-86(33-61(111)112)34-62(113)114)81-27-55(103)79-1-3-97(57(105)29-83-53(101)25-49(77(143)144)95(17-9-89(39-67(123)124)40-68(125)126)18-10-90(41-69(127)128)42-70(129)130)21-22-98(58(106)30-84-54(102)26-50(78(145)146)96(19-11-91(43-71(131)132)44-72(133)134)20-12-92(45-73(135)136)46-74(137)138)4-2-80-56(104)28-82-52(100)24-48(76(141)142)94(15-7-87(35-63(115)116)36-64(117)118)16-8-88(37-65(119)120)38-66(121)122/h47-50H,1-46H2,(H,79,103)(H,80,104)(H,81,99)(H,82,100)(H,83,101)(H,84,102)(H,107,108)(H,109,110)(H,111,112)(H,113,114)(H,115,116)(H,117,118)(H,119,120)(H,121,122)(H,123,124)(H,125,126)(H,127,128)(H,129,130)(H,131,132)(H,133,134)(H,135,136)(H,137,138)(H,139,140)(H,141,142)(H,143,144)(H,145,146)/t47-,48-,49-,50-/m0/s1. The summed E-state index contributed by atoms with van der Waals surface area (Å²) in [7, 11) is 0. The normalized spacial score (nSPS) is 12.2. The number of carbonyl (C=O) groups is 28. The quantitative estimate of drug-likeness (QED) is 0.0269. The van der Waals surface area contributed by atoms with E-state index in [9.17, 15) is 236 Å². The van der Waals surface area contributed by atoms with Crippen LogP contribution in [0.2, 0.25) is 0 Å². The lowest BCUT2D eigenvalue weighted by atomic mass is 10.1. The van der Waals surface area contributed by atoms with Crippen molar-refractivity contribution in [2.24, 2.45) is 0 Å². The van der Waals surface area contributed by atoms with Crippen LogP contribution in [0.15, 0.2) is 0 Å². The van der Waals surface area contributed by atoms with Gasteiger partial charge in [-0.3, -0.25) is 193 Å². The summed E-state index contributed by atoms with van der Waals surface area (Å²) in [4.78, 5) is 363. The molecule has 0 bridgehead atoms. The van der Waals surface area contributed by atoms with E-state index in [0.29, 0.717) is 0 Å². The summed E-state index contributed by atoms with van der Waals surface area (Å²) in [6.07, 6.45) is -4.66. The predicted octanol–water partition coefficient (Wildman–Crippen LogP) is -16.3. The molecule has 0 aromatic carbocycles. The van der Waals surface area contributed by atoms with Crippen LogP contribution in [-0.2, 0) is 134 Å². The maximum absolute atomic E-state index is 14.7. The first kappa shape index (κ1) is 131. The predicted molar refractivity (Wildman–Crippen MR) is 475 cm³/mol. The van der Waals surface area contributed by atoms with Gasteiger partial charge >= 0.3 is 119 Å². The van der Waals surface area contributed by atoms with Crippen LogP contribution < -0.4 is 31.9 Å². The Hall–Kier alpha value is -15.3. The molecular weight excluding hydrogens is 1980 g/mol. The summed E-state index contributed by atoms with van der Waals surface area (Å²) < 4.78 is 0. The second-order valence-corrected chi connectivity index (χ2v) is 31.9. The molecule has 0 fully saturated rings. The van der Waals surface area contributed by atoms with Gasteiger partial charge in [-0.05, 0) is 0 Å². The van der Waals surface area contributed by atoms with Gasteiger partial charge in [-0.15, -0.1) is 0 Å². The number of carboxylic acid groups (broad SMARTS) is 20. The fourth-order valence-corrected chi connectivity index (χ4v) is 13.8. The van der Waals surface area contributed by atoms with Crippen molar-refractivity contribution in [3.63, 3.8) is 0 Å². The van der Waals surface area contributed by atoms with Crippen LogP contribution >= 0.6 is 0 Å². The summed E-state index contributed by atoms with van der Waals surface area (Å²) in [5.41, 5.74) is 0. The van der Waals surface area contributed by atoms with Gasteiger partial charge in [-0.1, -0.05) is 0 Å². The van der Waals surface area contributed by atoms with Crippen molar-refractivity contribution in [1.82, 2.24) is 100 Å². The molecule has 68 heteroatoms. The van der Waals surface area contributed by atoms with Gasteiger partial charge in [0.05, 0.1) is 157 Å². The maximum atomic E-state index is 14.7. The molecule has 0 heterocycles. The summed E-state index contributed by atoms with van der Waals surface area (Å²) in [5.74, 6) is -42.7. The van der Waals surface area contributed by atoms with Gasteiger partial charge in [-0.25, -0.2) is 0 Å². The third kappa shape index (κ3) is 63.6. The first-order valence-corrected chi connectivity index (χ1v) is 43.4. The first-order valence-electron chi connectivity index (χ1n) is 43.4. The summed E-state index contributed by atoms with van der Waals surface area (Å²) in [6, 6.07) is -8.23. The third-order valence-electron chi connectivity index (χ3n) is 20.3. The monoisotopic (exact) mass is 2110 g/mol. The van der Waals surface area contributed by atoms with Crippen molar-refractivity contribution in [1.29, 1.82) is 0 Å².